The Morgan fingerprint density at radius 1 is 0.903 bits per heavy atom. The molecule has 3 nitrogen and oxygen atoms in total. The van der Waals surface area contributed by atoms with E-state index in [2.05, 4.69) is 54.6 Å². The monoisotopic (exact) mass is 420 g/mol. The molecule has 0 amide bonds. The van der Waals surface area contributed by atoms with Gasteiger partial charge in [-0.25, -0.2) is 0 Å². The van der Waals surface area contributed by atoms with Crippen molar-refractivity contribution < 1.29 is 14.3 Å². The first kappa shape index (κ1) is 28.0. The highest BCUT2D eigenvalue weighted by atomic mass is 16.6. The van der Waals surface area contributed by atoms with Crippen LogP contribution in [0.3, 0.4) is 0 Å². The van der Waals surface area contributed by atoms with Crippen LogP contribution in [0.25, 0.3) is 0 Å². The highest BCUT2D eigenvalue weighted by molar-refractivity contribution is 6.09. The second-order valence-corrected chi connectivity index (χ2v) is 7.78. The van der Waals surface area contributed by atoms with Crippen molar-refractivity contribution >= 4 is 11.8 Å². The molecule has 0 aromatic rings. The minimum Gasteiger partial charge on any atom is -0.459 e. The predicted octanol–water partition coefficient (Wildman–Crippen LogP) is 5.82. The largest absolute Gasteiger partial charge is 0.459 e. The zero-order valence-electron chi connectivity index (χ0n) is 19.9. The summed E-state index contributed by atoms with van der Waals surface area (Å²) in [6.07, 6.45) is 15.0. The van der Waals surface area contributed by atoms with E-state index >= 15 is 0 Å². The van der Waals surface area contributed by atoms with Gasteiger partial charge < -0.3 is 4.74 Å². The van der Waals surface area contributed by atoms with Gasteiger partial charge in [0.25, 0.3) is 0 Å². The van der Waals surface area contributed by atoms with Crippen LogP contribution in [0.4, 0.5) is 0 Å². The molecular weight excluding hydrogens is 384 g/mol. The Morgan fingerprint density at radius 3 is 2.16 bits per heavy atom. The fourth-order valence-corrected chi connectivity index (χ4v) is 2.53. The number of carbonyl (C=O) groups excluding carboxylic acids is 2. The average molecular weight is 421 g/mol. The van der Waals surface area contributed by atoms with Gasteiger partial charge in [0.15, 0.2) is 0 Å². The number of allylic oxidation sites excluding steroid dienone is 6. The van der Waals surface area contributed by atoms with E-state index in [-0.39, 0.29) is 0 Å². The third-order valence-electron chi connectivity index (χ3n) is 3.88. The molecule has 0 aliphatic carbocycles. The topological polar surface area (TPSA) is 43.4 Å². The van der Waals surface area contributed by atoms with Gasteiger partial charge in [0, 0.05) is 25.2 Å². The minimum atomic E-state index is -1.03. The molecule has 0 radical (unpaired) electrons. The number of hydrogen-bond donors (Lipinski definition) is 0. The lowest BCUT2D eigenvalue weighted by atomic mass is 9.87. The van der Waals surface area contributed by atoms with Gasteiger partial charge in [-0.1, -0.05) is 55.2 Å². The van der Waals surface area contributed by atoms with Gasteiger partial charge in [-0.05, 0) is 53.4 Å². The molecule has 0 aliphatic rings. The number of carbonyl (C=O) groups is 2. The lowest BCUT2D eigenvalue weighted by molar-refractivity contribution is -0.162. The van der Waals surface area contributed by atoms with Crippen molar-refractivity contribution in [1.29, 1.82) is 0 Å². The van der Waals surface area contributed by atoms with Gasteiger partial charge in [0.05, 0.1) is 0 Å². The van der Waals surface area contributed by atoms with Crippen molar-refractivity contribution in [3.63, 3.8) is 0 Å². The lowest BCUT2D eigenvalue weighted by Crippen LogP contribution is -2.35. The Bertz CT molecular complexity index is 830. The van der Waals surface area contributed by atoms with Crippen LogP contribution in [0, 0.1) is 47.4 Å². The minimum absolute atomic E-state index is 0.441. The van der Waals surface area contributed by atoms with Crippen molar-refractivity contribution in [3.05, 3.63) is 36.5 Å². The number of Topliss-reactive ketones (excluding diaryl/α,β-unsaturated/α-hetero) is 1. The van der Waals surface area contributed by atoms with Crippen LogP contribution in [0.15, 0.2) is 36.5 Å². The van der Waals surface area contributed by atoms with Gasteiger partial charge >= 0.3 is 5.97 Å². The maximum atomic E-state index is 13.0. The summed E-state index contributed by atoms with van der Waals surface area (Å²) in [5.74, 6) is 14.5. The number of unbranched alkanes of at least 4 members (excludes halogenated alkanes) is 1. The maximum absolute atomic E-state index is 13.0. The van der Waals surface area contributed by atoms with Crippen LogP contribution in [-0.2, 0) is 14.3 Å². The summed E-state index contributed by atoms with van der Waals surface area (Å²) in [7, 11) is 0. The molecule has 0 aromatic heterocycles. The third kappa shape index (κ3) is 14.6. The van der Waals surface area contributed by atoms with E-state index in [0.717, 1.165) is 12.8 Å². The highest BCUT2D eigenvalue weighted by Gasteiger charge is 2.35. The van der Waals surface area contributed by atoms with Gasteiger partial charge in [-0.3, -0.25) is 9.59 Å². The SMILES string of the molecule is CC#CC/C=C\C(/C=C/C/C=C\CC)C(C(=O)C#CCCC#CC)C(=O)OC(C)(C)C. The number of esters is 1. The molecule has 0 fully saturated rings. The molecule has 2 unspecified atom stereocenters. The van der Waals surface area contributed by atoms with Gasteiger partial charge in [-0.15, -0.1) is 17.8 Å². The predicted molar refractivity (Wildman–Crippen MR) is 129 cm³/mol. The number of ether oxygens (including phenoxy) is 1. The fraction of sp³-hybridized carbons (Fsp3) is 0.500. The Morgan fingerprint density at radius 2 is 1.55 bits per heavy atom. The lowest BCUT2D eigenvalue weighted by Gasteiger charge is -2.25. The molecule has 166 valence electrons. The van der Waals surface area contributed by atoms with E-state index in [1.165, 1.54) is 0 Å². The van der Waals surface area contributed by atoms with Crippen LogP contribution in [0.1, 0.15) is 73.6 Å². The normalized spacial score (nSPS) is 13.0. The van der Waals surface area contributed by atoms with E-state index in [1.54, 1.807) is 34.6 Å². The molecule has 0 aromatic carbocycles. The molecule has 0 rings (SSSR count). The van der Waals surface area contributed by atoms with Crippen molar-refractivity contribution in [1.82, 2.24) is 0 Å². The standard InChI is InChI=1S/C28H36O3/c1-7-10-13-16-19-22-24(21-18-15-12-9-3)26(27(30)31-28(4,5)6)25(29)23-20-17-14-11-8-2/h10,13,18-19,21-22,24,26H,7,14-17H2,1-6H3/b13-10-,21-18-,22-19+. The quantitative estimate of drug-likeness (QED) is 0.112. The van der Waals surface area contributed by atoms with Gasteiger partial charge in [0.1, 0.15) is 11.5 Å². The summed E-state index contributed by atoms with van der Waals surface area (Å²) in [6, 6.07) is 0. The molecule has 0 N–H and O–H groups in total. The molecule has 0 aliphatic heterocycles. The van der Waals surface area contributed by atoms with Crippen molar-refractivity contribution in [3.8, 4) is 35.5 Å². The molecule has 0 saturated heterocycles. The first-order valence-electron chi connectivity index (χ1n) is 10.8. The summed E-state index contributed by atoms with van der Waals surface area (Å²) in [6.45, 7) is 11.0. The Labute approximate surface area is 189 Å². The van der Waals surface area contributed by atoms with E-state index in [9.17, 15) is 9.59 Å². The second-order valence-electron chi connectivity index (χ2n) is 7.78. The van der Waals surface area contributed by atoms with Crippen LogP contribution < -0.4 is 0 Å². The summed E-state index contributed by atoms with van der Waals surface area (Å²) in [4.78, 5) is 25.9. The highest BCUT2D eigenvalue weighted by Crippen LogP contribution is 2.22. The van der Waals surface area contributed by atoms with Crippen LogP contribution >= 0.6 is 0 Å². The van der Waals surface area contributed by atoms with Gasteiger partial charge in [-0.2, -0.15) is 0 Å². The first-order chi connectivity index (χ1) is 14.8. The number of hydrogen-bond acceptors (Lipinski definition) is 3. The average Bonchev–Trinajstić information content (AvgIpc) is 2.69. The zero-order chi connectivity index (χ0) is 23.5. The fourth-order valence-electron chi connectivity index (χ4n) is 2.53. The summed E-state index contributed by atoms with van der Waals surface area (Å²) in [5.41, 5.74) is -0.699. The number of ketones is 1. The molecule has 2 atom stereocenters. The summed E-state index contributed by atoms with van der Waals surface area (Å²) >= 11 is 0. The van der Waals surface area contributed by atoms with Gasteiger partial charge in [0.2, 0.25) is 5.78 Å². The van der Waals surface area contributed by atoms with Crippen LogP contribution in [0.2, 0.25) is 0 Å². The van der Waals surface area contributed by atoms with E-state index < -0.39 is 29.2 Å². The van der Waals surface area contributed by atoms with E-state index in [0.29, 0.717) is 19.3 Å². The first-order valence-corrected chi connectivity index (χ1v) is 10.8. The second kappa shape index (κ2) is 16.8. The molecular formula is C28H36O3. The molecule has 0 bridgehead atoms. The van der Waals surface area contributed by atoms with Crippen molar-refractivity contribution in [2.24, 2.45) is 11.8 Å². The Hall–Kier alpha value is -2.96. The smallest absolute Gasteiger partial charge is 0.319 e. The maximum Gasteiger partial charge on any atom is 0.319 e. The van der Waals surface area contributed by atoms with Crippen LogP contribution in [-0.4, -0.2) is 17.4 Å². The van der Waals surface area contributed by atoms with Crippen molar-refractivity contribution in [2.45, 2.75) is 79.2 Å². The Kier molecular flexibility index (Phi) is 15.2. The van der Waals surface area contributed by atoms with E-state index in [4.69, 9.17) is 4.74 Å². The van der Waals surface area contributed by atoms with Crippen molar-refractivity contribution in [2.75, 3.05) is 0 Å². The molecule has 0 spiro atoms. The zero-order valence-corrected chi connectivity index (χ0v) is 19.9. The molecule has 0 saturated carbocycles. The molecule has 31 heavy (non-hydrogen) atoms. The summed E-state index contributed by atoms with van der Waals surface area (Å²) < 4.78 is 5.56. The summed E-state index contributed by atoms with van der Waals surface area (Å²) in [5, 5.41) is 0. The van der Waals surface area contributed by atoms with E-state index in [1.807, 2.05) is 24.3 Å². The third-order valence-corrected chi connectivity index (χ3v) is 3.88. The van der Waals surface area contributed by atoms with Crippen LogP contribution in [0.5, 0.6) is 0 Å². The number of rotatable bonds is 10. The molecule has 3 heteroatoms. The molecule has 0 heterocycles. The Balaban J connectivity index is 5.88.